The Bertz CT molecular complexity index is 385. The van der Waals surface area contributed by atoms with Crippen molar-refractivity contribution in [1.29, 1.82) is 0 Å². The van der Waals surface area contributed by atoms with Crippen LogP contribution in [0.3, 0.4) is 0 Å². The van der Waals surface area contributed by atoms with Crippen molar-refractivity contribution in [1.82, 2.24) is 4.90 Å². The minimum absolute atomic E-state index is 0.0423. The van der Waals surface area contributed by atoms with Crippen molar-refractivity contribution in [3.63, 3.8) is 0 Å². The van der Waals surface area contributed by atoms with Crippen LogP contribution in [0.25, 0.3) is 0 Å². The van der Waals surface area contributed by atoms with E-state index in [2.05, 4.69) is 0 Å². The van der Waals surface area contributed by atoms with E-state index in [4.69, 9.17) is 27.4 Å². The number of aliphatic hydroxyl groups is 1. The highest BCUT2D eigenvalue weighted by Gasteiger charge is 2.47. The van der Waals surface area contributed by atoms with Gasteiger partial charge in [-0.3, -0.25) is 4.79 Å². The van der Waals surface area contributed by atoms with E-state index >= 15 is 0 Å². The zero-order valence-electron chi connectivity index (χ0n) is 11.7. The molecule has 2 aliphatic heterocycles. The number of aliphatic hydroxyl groups excluding tert-OH is 1. The standard InChI is InChI=1S/C13H22N2O4S/c1-9-8-19-10(7-16)6-15(9)12(17)13(11(14)20)2-4-18-5-3-13/h9-10,16H,2-8H2,1H3,(H2,14,20). The van der Waals surface area contributed by atoms with E-state index in [0.29, 0.717) is 39.2 Å². The molecule has 0 aromatic rings. The quantitative estimate of drug-likeness (QED) is 0.695. The van der Waals surface area contributed by atoms with Gasteiger partial charge in [0.1, 0.15) is 5.41 Å². The van der Waals surface area contributed by atoms with E-state index < -0.39 is 5.41 Å². The summed E-state index contributed by atoms with van der Waals surface area (Å²) in [6.45, 7) is 3.61. The van der Waals surface area contributed by atoms with Gasteiger partial charge in [-0.2, -0.15) is 0 Å². The molecule has 2 rings (SSSR count). The van der Waals surface area contributed by atoms with Crippen LogP contribution < -0.4 is 5.73 Å². The van der Waals surface area contributed by atoms with Crippen LogP contribution >= 0.6 is 12.2 Å². The van der Waals surface area contributed by atoms with Crippen LogP contribution in [0.1, 0.15) is 19.8 Å². The lowest BCUT2D eigenvalue weighted by Gasteiger charge is -2.44. The molecular weight excluding hydrogens is 280 g/mol. The molecule has 2 saturated heterocycles. The lowest BCUT2D eigenvalue weighted by molar-refractivity contribution is -0.156. The van der Waals surface area contributed by atoms with E-state index in [9.17, 15) is 9.90 Å². The molecule has 0 saturated carbocycles. The molecule has 2 fully saturated rings. The number of amides is 1. The summed E-state index contributed by atoms with van der Waals surface area (Å²) < 4.78 is 10.8. The van der Waals surface area contributed by atoms with Gasteiger partial charge in [-0.25, -0.2) is 0 Å². The van der Waals surface area contributed by atoms with Crippen molar-refractivity contribution in [2.75, 3.05) is 33.0 Å². The first-order chi connectivity index (χ1) is 9.51. The van der Waals surface area contributed by atoms with Crippen LogP contribution in [0.15, 0.2) is 0 Å². The molecule has 0 aromatic carbocycles. The van der Waals surface area contributed by atoms with Crippen LogP contribution in [0.4, 0.5) is 0 Å². The van der Waals surface area contributed by atoms with Gasteiger partial charge in [0, 0.05) is 19.8 Å². The zero-order valence-corrected chi connectivity index (χ0v) is 12.5. The van der Waals surface area contributed by atoms with Crippen molar-refractivity contribution in [2.45, 2.75) is 31.9 Å². The first-order valence-electron chi connectivity index (χ1n) is 6.92. The van der Waals surface area contributed by atoms with Crippen molar-refractivity contribution in [3.05, 3.63) is 0 Å². The van der Waals surface area contributed by atoms with Crippen molar-refractivity contribution in [3.8, 4) is 0 Å². The predicted octanol–water partition coefficient (Wildman–Crippen LogP) is -0.322. The topological polar surface area (TPSA) is 85.0 Å². The van der Waals surface area contributed by atoms with Crippen LogP contribution in [-0.2, 0) is 14.3 Å². The van der Waals surface area contributed by atoms with E-state index in [0.717, 1.165) is 0 Å². The Morgan fingerprint density at radius 2 is 2.15 bits per heavy atom. The molecule has 0 radical (unpaired) electrons. The maximum atomic E-state index is 13.0. The fourth-order valence-corrected chi connectivity index (χ4v) is 3.06. The number of hydrogen-bond acceptors (Lipinski definition) is 5. The molecule has 2 unspecified atom stereocenters. The summed E-state index contributed by atoms with van der Waals surface area (Å²) in [7, 11) is 0. The number of carbonyl (C=O) groups is 1. The molecule has 2 heterocycles. The molecule has 2 aliphatic rings. The summed E-state index contributed by atoms with van der Waals surface area (Å²) in [5.74, 6) is -0.0532. The molecule has 0 bridgehead atoms. The maximum Gasteiger partial charge on any atom is 0.236 e. The van der Waals surface area contributed by atoms with Crippen LogP contribution in [0.2, 0.25) is 0 Å². The SMILES string of the molecule is CC1COC(CO)CN1C(=O)C1(C(N)=S)CCOCC1. The molecule has 6 nitrogen and oxygen atoms in total. The fraction of sp³-hybridized carbons (Fsp3) is 0.846. The monoisotopic (exact) mass is 302 g/mol. The number of rotatable bonds is 3. The van der Waals surface area contributed by atoms with E-state index in [1.54, 1.807) is 4.90 Å². The van der Waals surface area contributed by atoms with Crippen molar-refractivity contribution < 1.29 is 19.4 Å². The summed E-state index contributed by atoms with van der Waals surface area (Å²) >= 11 is 5.16. The molecule has 20 heavy (non-hydrogen) atoms. The number of nitrogens with two attached hydrogens (primary N) is 1. The second-order valence-electron chi connectivity index (χ2n) is 5.50. The van der Waals surface area contributed by atoms with Crippen molar-refractivity contribution >= 4 is 23.1 Å². The highest BCUT2D eigenvalue weighted by molar-refractivity contribution is 7.80. The molecule has 0 aromatic heterocycles. The van der Waals surface area contributed by atoms with Crippen molar-refractivity contribution in [2.24, 2.45) is 11.1 Å². The largest absolute Gasteiger partial charge is 0.394 e. The average Bonchev–Trinajstić information content (AvgIpc) is 2.47. The van der Waals surface area contributed by atoms with E-state index in [1.807, 2.05) is 6.92 Å². The molecule has 3 N–H and O–H groups in total. The Morgan fingerprint density at radius 1 is 1.50 bits per heavy atom. The maximum absolute atomic E-state index is 13.0. The second kappa shape index (κ2) is 6.34. The second-order valence-corrected chi connectivity index (χ2v) is 5.94. The molecular formula is C13H22N2O4S. The molecule has 0 aliphatic carbocycles. The first-order valence-corrected chi connectivity index (χ1v) is 7.33. The molecule has 7 heteroatoms. The summed E-state index contributed by atoms with van der Waals surface area (Å²) in [6, 6.07) is -0.0423. The number of carbonyl (C=O) groups excluding carboxylic acids is 1. The third-order valence-corrected chi connectivity index (χ3v) is 4.59. The average molecular weight is 302 g/mol. The lowest BCUT2D eigenvalue weighted by atomic mass is 9.78. The third-order valence-electron chi connectivity index (χ3n) is 4.20. The summed E-state index contributed by atoms with van der Waals surface area (Å²) in [6.07, 6.45) is 0.711. The normalized spacial score (nSPS) is 30.0. The predicted molar refractivity (Wildman–Crippen MR) is 77.3 cm³/mol. The Kier molecular flexibility index (Phi) is 4.95. The van der Waals surface area contributed by atoms with Gasteiger partial charge in [-0.05, 0) is 19.8 Å². The van der Waals surface area contributed by atoms with Gasteiger partial charge in [0.05, 0.1) is 30.3 Å². The fourth-order valence-electron chi connectivity index (χ4n) is 2.77. The van der Waals surface area contributed by atoms with Crippen LogP contribution in [-0.4, -0.2) is 66.0 Å². The minimum atomic E-state index is -0.806. The summed E-state index contributed by atoms with van der Waals surface area (Å²) in [5, 5.41) is 9.23. The van der Waals surface area contributed by atoms with Gasteiger partial charge in [0.25, 0.3) is 0 Å². The first kappa shape index (κ1) is 15.6. The smallest absolute Gasteiger partial charge is 0.236 e. The molecule has 1 amide bonds. The molecule has 0 spiro atoms. The van der Waals surface area contributed by atoms with Gasteiger partial charge >= 0.3 is 0 Å². The minimum Gasteiger partial charge on any atom is -0.394 e. The van der Waals surface area contributed by atoms with Gasteiger partial charge in [0.15, 0.2) is 0 Å². The van der Waals surface area contributed by atoms with Gasteiger partial charge < -0.3 is 25.2 Å². The van der Waals surface area contributed by atoms with Gasteiger partial charge in [-0.15, -0.1) is 0 Å². The molecule has 114 valence electrons. The number of thiocarbonyl (C=S) groups is 1. The third kappa shape index (κ3) is 2.81. The summed E-state index contributed by atoms with van der Waals surface area (Å²) in [4.78, 5) is 14.9. The van der Waals surface area contributed by atoms with Crippen LogP contribution in [0, 0.1) is 5.41 Å². The van der Waals surface area contributed by atoms with E-state index in [-0.39, 0.29) is 29.6 Å². The number of nitrogens with zero attached hydrogens (tertiary/aromatic N) is 1. The zero-order chi connectivity index (χ0) is 14.8. The summed E-state index contributed by atoms with van der Waals surface area (Å²) in [5.41, 5.74) is 5.06. The number of ether oxygens (including phenoxy) is 2. The Morgan fingerprint density at radius 3 is 2.70 bits per heavy atom. The van der Waals surface area contributed by atoms with Gasteiger partial charge in [0.2, 0.25) is 5.91 Å². The lowest BCUT2D eigenvalue weighted by Crippen LogP contribution is -2.60. The Balaban J connectivity index is 2.20. The number of morpholine rings is 1. The Hall–Kier alpha value is -0.760. The number of hydrogen-bond donors (Lipinski definition) is 2. The highest BCUT2D eigenvalue weighted by Crippen LogP contribution is 2.34. The van der Waals surface area contributed by atoms with E-state index in [1.165, 1.54) is 0 Å². The molecule has 2 atom stereocenters. The van der Waals surface area contributed by atoms with Crippen LogP contribution in [0.5, 0.6) is 0 Å². The highest BCUT2D eigenvalue weighted by atomic mass is 32.1. The van der Waals surface area contributed by atoms with Gasteiger partial charge in [-0.1, -0.05) is 12.2 Å². The Labute approximate surface area is 124 Å².